The van der Waals surface area contributed by atoms with Crippen molar-refractivity contribution in [3.05, 3.63) is 18.1 Å². The minimum absolute atomic E-state index is 0.153. The van der Waals surface area contributed by atoms with Crippen molar-refractivity contribution in [2.75, 3.05) is 44.8 Å². The van der Waals surface area contributed by atoms with Crippen molar-refractivity contribution in [2.45, 2.75) is 51.1 Å². The minimum Gasteiger partial charge on any atom is -0.475 e. The summed E-state index contributed by atoms with van der Waals surface area (Å²) < 4.78 is 74.7. The van der Waals surface area contributed by atoms with Crippen LogP contribution >= 0.6 is 0 Å². The first-order chi connectivity index (χ1) is 17.1. The number of nitrogens with zero attached hydrogens (tertiary/aromatic N) is 3. The molecule has 37 heavy (non-hydrogen) atoms. The van der Waals surface area contributed by atoms with Crippen molar-refractivity contribution in [3.63, 3.8) is 0 Å². The first-order valence-corrected chi connectivity index (χ1v) is 11.2. The van der Waals surface area contributed by atoms with Crippen LogP contribution in [-0.4, -0.2) is 94.9 Å². The van der Waals surface area contributed by atoms with Crippen molar-refractivity contribution in [1.82, 2.24) is 14.9 Å². The molecule has 16 heteroatoms. The molecule has 0 radical (unpaired) electrons. The number of carboxylic acid groups (broad SMARTS) is 2. The fraction of sp³-hybridized carbons (Fsp3) is 0.714. The molecule has 0 saturated carbocycles. The lowest BCUT2D eigenvalue weighted by molar-refractivity contribution is -0.193. The summed E-state index contributed by atoms with van der Waals surface area (Å²) in [6.45, 7) is 9.52. The van der Waals surface area contributed by atoms with Crippen LogP contribution in [0.5, 0.6) is 0 Å². The van der Waals surface area contributed by atoms with Crippen LogP contribution in [0.4, 0.5) is 32.2 Å². The summed E-state index contributed by atoms with van der Waals surface area (Å²) >= 11 is 0. The summed E-state index contributed by atoms with van der Waals surface area (Å²) in [4.78, 5) is 29.5. The van der Waals surface area contributed by atoms with E-state index in [1.807, 2.05) is 12.3 Å². The van der Waals surface area contributed by atoms with Gasteiger partial charge in [0.25, 0.3) is 0 Å². The van der Waals surface area contributed by atoms with Gasteiger partial charge in [-0.3, -0.25) is 4.90 Å². The zero-order valence-electron chi connectivity index (χ0n) is 20.2. The summed E-state index contributed by atoms with van der Waals surface area (Å²) in [6, 6.07) is 2.44. The largest absolute Gasteiger partial charge is 0.490 e. The van der Waals surface area contributed by atoms with E-state index < -0.39 is 24.3 Å². The van der Waals surface area contributed by atoms with Gasteiger partial charge >= 0.3 is 24.3 Å². The van der Waals surface area contributed by atoms with E-state index in [9.17, 15) is 26.3 Å². The van der Waals surface area contributed by atoms with Gasteiger partial charge in [0.1, 0.15) is 11.6 Å². The molecular weight excluding hydrogens is 518 g/mol. The van der Waals surface area contributed by atoms with Crippen LogP contribution in [0.2, 0.25) is 0 Å². The number of hydrogen-bond donors (Lipinski definition) is 3. The number of rotatable bonds is 5. The topological polar surface area (TPSA) is 134 Å². The van der Waals surface area contributed by atoms with Crippen molar-refractivity contribution < 1.29 is 55.6 Å². The van der Waals surface area contributed by atoms with Crippen LogP contribution in [0, 0.1) is 5.92 Å². The highest BCUT2D eigenvalue weighted by atomic mass is 19.4. The van der Waals surface area contributed by atoms with E-state index in [1.165, 1.54) is 0 Å². The summed E-state index contributed by atoms with van der Waals surface area (Å²) in [6.07, 6.45) is -6.02. The Morgan fingerprint density at radius 2 is 1.59 bits per heavy atom. The second-order valence-electron chi connectivity index (χ2n) is 8.35. The second-order valence-corrected chi connectivity index (χ2v) is 8.35. The lowest BCUT2D eigenvalue weighted by atomic mass is 9.98. The first-order valence-electron chi connectivity index (χ1n) is 11.2. The Labute approximate surface area is 209 Å². The normalized spacial score (nSPS) is 19.2. The highest BCUT2D eigenvalue weighted by Crippen LogP contribution is 2.26. The molecule has 2 aliphatic heterocycles. The Morgan fingerprint density at radius 1 is 1.05 bits per heavy atom. The van der Waals surface area contributed by atoms with E-state index >= 15 is 0 Å². The lowest BCUT2D eigenvalue weighted by Crippen LogP contribution is -2.43. The number of alkyl halides is 6. The third-order valence-corrected chi connectivity index (χ3v) is 4.97. The molecule has 1 aromatic heterocycles. The van der Waals surface area contributed by atoms with Crippen LogP contribution in [-0.2, 0) is 19.1 Å². The summed E-state index contributed by atoms with van der Waals surface area (Å²) in [7, 11) is 0. The molecule has 3 N–H and O–H groups in total. The van der Waals surface area contributed by atoms with Gasteiger partial charge in [-0.25, -0.2) is 19.6 Å². The van der Waals surface area contributed by atoms with E-state index in [1.54, 1.807) is 0 Å². The molecule has 0 bridgehead atoms. The number of ether oxygens (including phenoxy) is 2. The van der Waals surface area contributed by atoms with E-state index in [2.05, 4.69) is 29.0 Å². The van der Waals surface area contributed by atoms with Crippen molar-refractivity contribution in [1.29, 1.82) is 0 Å². The molecule has 10 nitrogen and oxygen atoms in total. The molecule has 2 saturated heterocycles. The van der Waals surface area contributed by atoms with Gasteiger partial charge in [-0.15, -0.1) is 0 Å². The van der Waals surface area contributed by atoms with Crippen LogP contribution in [0.1, 0.15) is 38.6 Å². The fourth-order valence-corrected chi connectivity index (χ4v) is 3.27. The maximum Gasteiger partial charge on any atom is 0.490 e. The Balaban J connectivity index is 0.000000404. The van der Waals surface area contributed by atoms with E-state index in [0.717, 1.165) is 57.4 Å². The summed E-state index contributed by atoms with van der Waals surface area (Å²) in [5.41, 5.74) is 0. The number of morpholine rings is 1. The number of aromatic nitrogens is 2. The van der Waals surface area contributed by atoms with E-state index in [-0.39, 0.29) is 6.04 Å². The molecule has 0 aromatic carbocycles. The molecule has 212 valence electrons. The molecule has 2 fully saturated rings. The van der Waals surface area contributed by atoms with Gasteiger partial charge in [-0.05, 0) is 38.7 Å². The Bertz CT molecular complexity index is 826. The van der Waals surface area contributed by atoms with Gasteiger partial charge in [0.2, 0.25) is 0 Å². The number of hydrogen-bond acceptors (Lipinski definition) is 8. The van der Waals surface area contributed by atoms with Crippen molar-refractivity contribution in [3.8, 4) is 0 Å². The third kappa shape index (κ3) is 12.9. The highest BCUT2D eigenvalue weighted by Gasteiger charge is 2.39. The Kier molecular flexibility index (Phi) is 13.0. The lowest BCUT2D eigenvalue weighted by Gasteiger charge is -2.37. The number of anilines is 1. The Morgan fingerprint density at radius 3 is 2.08 bits per heavy atom. The predicted molar refractivity (Wildman–Crippen MR) is 117 cm³/mol. The molecule has 0 amide bonds. The molecule has 1 atom stereocenters. The maximum absolute atomic E-state index is 10.6. The van der Waals surface area contributed by atoms with Crippen molar-refractivity contribution >= 4 is 17.8 Å². The number of carboxylic acids is 2. The number of aliphatic carboxylic acids is 2. The third-order valence-electron chi connectivity index (χ3n) is 4.97. The SMILES string of the molecule is CC(C)Nc1ccnc(C2COCCN2CC2CCOCC2)n1.O=C(O)C(F)(F)F.O=C(O)C(F)(F)F. The fourth-order valence-electron chi connectivity index (χ4n) is 3.27. The van der Waals surface area contributed by atoms with Gasteiger partial charge in [0.05, 0.1) is 19.3 Å². The van der Waals surface area contributed by atoms with Crippen molar-refractivity contribution in [2.24, 2.45) is 5.92 Å². The molecule has 1 aromatic rings. The number of halogens is 6. The van der Waals surface area contributed by atoms with E-state index in [4.69, 9.17) is 34.3 Å². The zero-order chi connectivity index (χ0) is 28.2. The quantitative estimate of drug-likeness (QED) is 0.470. The number of nitrogens with one attached hydrogen (secondary N) is 1. The summed E-state index contributed by atoms with van der Waals surface area (Å²) in [5.74, 6) is -3.05. The molecule has 3 rings (SSSR count). The smallest absolute Gasteiger partial charge is 0.475 e. The minimum atomic E-state index is -5.08. The average Bonchev–Trinajstić information content (AvgIpc) is 2.79. The highest BCUT2D eigenvalue weighted by molar-refractivity contribution is 5.73. The van der Waals surface area contributed by atoms with Gasteiger partial charge in [0, 0.05) is 38.5 Å². The second kappa shape index (κ2) is 14.9. The first kappa shape index (κ1) is 32.3. The summed E-state index contributed by atoms with van der Waals surface area (Å²) in [5, 5.41) is 17.6. The molecule has 1 unspecified atom stereocenters. The maximum atomic E-state index is 10.6. The van der Waals surface area contributed by atoms with Gasteiger partial charge < -0.3 is 25.0 Å². The Hall–Kier alpha value is -2.72. The molecule has 0 spiro atoms. The van der Waals surface area contributed by atoms with Crippen LogP contribution in [0.25, 0.3) is 0 Å². The predicted octanol–water partition coefficient (Wildman–Crippen LogP) is 3.36. The molecule has 2 aliphatic rings. The van der Waals surface area contributed by atoms with Crippen LogP contribution in [0.15, 0.2) is 12.3 Å². The van der Waals surface area contributed by atoms with Crippen LogP contribution < -0.4 is 5.32 Å². The van der Waals surface area contributed by atoms with Gasteiger partial charge in [-0.2, -0.15) is 26.3 Å². The number of carbonyl (C=O) groups is 2. The standard InChI is InChI=1S/C17H28N4O2.2C2HF3O2/c1-13(2)19-16-3-6-18-17(20-16)15-12-23-10-7-21(15)11-14-4-8-22-9-5-14;2*3-2(4,5)1(6)7/h3,6,13-15H,4-5,7-12H2,1-2H3,(H,18,19,20);2*(H,6,7). The van der Waals surface area contributed by atoms with Gasteiger partial charge in [0.15, 0.2) is 0 Å². The molecular formula is C21H30F6N4O6. The van der Waals surface area contributed by atoms with Crippen LogP contribution in [0.3, 0.4) is 0 Å². The zero-order valence-corrected chi connectivity index (χ0v) is 20.2. The van der Waals surface area contributed by atoms with Gasteiger partial charge in [-0.1, -0.05) is 0 Å². The monoisotopic (exact) mass is 548 g/mol. The average molecular weight is 548 g/mol. The van der Waals surface area contributed by atoms with E-state index in [0.29, 0.717) is 18.6 Å². The molecule has 3 heterocycles. The molecule has 0 aliphatic carbocycles.